The Hall–Kier alpha value is -1.06. The van der Waals surface area contributed by atoms with Crippen LogP contribution in [0.1, 0.15) is 25.0 Å². The van der Waals surface area contributed by atoms with Crippen molar-refractivity contribution in [1.29, 1.82) is 0 Å². The summed E-state index contributed by atoms with van der Waals surface area (Å²) in [7, 11) is 0. The van der Waals surface area contributed by atoms with E-state index in [4.69, 9.17) is 16.3 Å². The Morgan fingerprint density at radius 3 is 2.83 bits per heavy atom. The highest BCUT2D eigenvalue weighted by molar-refractivity contribution is 6.27. The van der Waals surface area contributed by atoms with Crippen LogP contribution >= 0.6 is 11.6 Å². The summed E-state index contributed by atoms with van der Waals surface area (Å²) in [4.78, 5) is 13.4. The molecule has 1 aromatic carbocycles. The van der Waals surface area contributed by atoms with Gasteiger partial charge in [0.1, 0.15) is 5.88 Å². The lowest BCUT2D eigenvalue weighted by molar-refractivity contribution is -0.129. The summed E-state index contributed by atoms with van der Waals surface area (Å²) in [5.74, 6) is 0.0312. The molecule has 3 nitrogen and oxygen atoms in total. The van der Waals surface area contributed by atoms with Gasteiger partial charge < -0.3 is 9.64 Å². The van der Waals surface area contributed by atoms with Crippen LogP contribution in [-0.2, 0) is 9.53 Å². The number of carbonyl (C=O) groups is 1. The summed E-state index contributed by atoms with van der Waals surface area (Å²) in [5.41, 5.74) is 1.17. The molecule has 1 saturated heterocycles. The molecular weight excluding hydrogens is 250 g/mol. The molecule has 1 aromatic rings. The van der Waals surface area contributed by atoms with Crippen LogP contribution in [0.2, 0.25) is 0 Å². The third-order valence-electron chi connectivity index (χ3n) is 3.17. The molecule has 4 heteroatoms. The van der Waals surface area contributed by atoms with E-state index in [1.165, 1.54) is 5.56 Å². The lowest BCUT2D eigenvalue weighted by Crippen LogP contribution is -2.36. The number of halogens is 1. The van der Waals surface area contributed by atoms with Gasteiger partial charge in [-0.2, -0.15) is 0 Å². The quantitative estimate of drug-likeness (QED) is 0.771. The van der Waals surface area contributed by atoms with E-state index in [0.29, 0.717) is 13.1 Å². The Balaban J connectivity index is 2.07. The van der Waals surface area contributed by atoms with E-state index in [2.05, 4.69) is 12.1 Å². The molecule has 98 valence electrons. The van der Waals surface area contributed by atoms with E-state index in [9.17, 15) is 4.79 Å². The van der Waals surface area contributed by atoms with Crippen LogP contribution in [0.5, 0.6) is 0 Å². The summed E-state index contributed by atoms with van der Waals surface area (Å²) in [6.07, 6.45) is 0.913. The number of hydrogen-bond acceptors (Lipinski definition) is 2. The van der Waals surface area contributed by atoms with Crippen LogP contribution in [0.15, 0.2) is 30.3 Å². The fraction of sp³-hybridized carbons (Fsp3) is 0.500. The number of hydrogen-bond donors (Lipinski definition) is 0. The normalized spacial score (nSPS) is 24.7. The highest BCUT2D eigenvalue weighted by atomic mass is 35.5. The Bertz CT molecular complexity index is 396. The molecule has 0 spiro atoms. The molecule has 18 heavy (non-hydrogen) atoms. The SMILES string of the molecule is CC1CN(C(=O)CCl)CCC(c2ccccc2)O1. The van der Waals surface area contributed by atoms with Crippen LogP contribution in [-0.4, -0.2) is 35.9 Å². The summed E-state index contributed by atoms with van der Waals surface area (Å²) in [6.45, 7) is 3.32. The highest BCUT2D eigenvalue weighted by Gasteiger charge is 2.25. The summed E-state index contributed by atoms with van der Waals surface area (Å²) >= 11 is 5.61. The fourth-order valence-electron chi connectivity index (χ4n) is 2.29. The third-order valence-corrected chi connectivity index (χ3v) is 3.40. The third kappa shape index (κ3) is 3.24. The molecule has 1 aliphatic rings. The molecule has 0 radical (unpaired) electrons. The second-order valence-corrected chi connectivity index (χ2v) is 4.88. The fourth-order valence-corrected chi connectivity index (χ4v) is 2.46. The number of rotatable bonds is 2. The number of carbonyl (C=O) groups excluding carboxylic acids is 1. The van der Waals surface area contributed by atoms with Gasteiger partial charge in [0.15, 0.2) is 0 Å². The molecule has 2 rings (SSSR count). The molecule has 1 heterocycles. The average molecular weight is 268 g/mol. The van der Waals surface area contributed by atoms with Gasteiger partial charge >= 0.3 is 0 Å². The van der Waals surface area contributed by atoms with Crippen molar-refractivity contribution in [2.24, 2.45) is 0 Å². The summed E-state index contributed by atoms with van der Waals surface area (Å²) in [5, 5.41) is 0. The number of benzene rings is 1. The molecule has 2 unspecified atom stereocenters. The first-order chi connectivity index (χ1) is 8.70. The van der Waals surface area contributed by atoms with E-state index in [-0.39, 0.29) is 24.0 Å². The Labute approximate surface area is 113 Å². The topological polar surface area (TPSA) is 29.5 Å². The maximum Gasteiger partial charge on any atom is 0.237 e. The zero-order valence-corrected chi connectivity index (χ0v) is 11.3. The molecule has 0 bridgehead atoms. The van der Waals surface area contributed by atoms with Crippen molar-refractivity contribution in [2.75, 3.05) is 19.0 Å². The number of amides is 1. The van der Waals surface area contributed by atoms with Crippen LogP contribution in [0, 0.1) is 0 Å². The second kappa shape index (κ2) is 6.21. The first-order valence-electron chi connectivity index (χ1n) is 6.25. The van der Waals surface area contributed by atoms with Gasteiger partial charge in [0, 0.05) is 13.1 Å². The lowest BCUT2D eigenvalue weighted by Gasteiger charge is -2.20. The van der Waals surface area contributed by atoms with Crippen molar-refractivity contribution >= 4 is 17.5 Å². The Kier molecular flexibility index (Phi) is 4.61. The maximum absolute atomic E-state index is 11.6. The predicted molar refractivity (Wildman–Crippen MR) is 71.6 cm³/mol. The van der Waals surface area contributed by atoms with Crippen LogP contribution in [0.3, 0.4) is 0 Å². The van der Waals surface area contributed by atoms with Crippen LogP contribution in [0.25, 0.3) is 0 Å². The van der Waals surface area contributed by atoms with Crippen molar-refractivity contribution in [2.45, 2.75) is 25.6 Å². The van der Waals surface area contributed by atoms with Gasteiger partial charge in [0.2, 0.25) is 5.91 Å². The maximum atomic E-state index is 11.6. The molecule has 0 saturated carbocycles. The average Bonchev–Trinajstić information content (AvgIpc) is 2.61. The van der Waals surface area contributed by atoms with Crippen molar-refractivity contribution < 1.29 is 9.53 Å². The minimum Gasteiger partial charge on any atom is -0.369 e. The van der Waals surface area contributed by atoms with Gasteiger partial charge in [-0.25, -0.2) is 0 Å². The number of ether oxygens (including phenoxy) is 1. The van der Waals surface area contributed by atoms with E-state index in [0.717, 1.165) is 6.42 Å². The standard InChI is InChI=1S/C14H18ClNO2/c1-11-10-16(14(17)9-15)8-7-13(18-11)12-5-3-2-4-6-12/h2-6,11,13H,7-10H2,1H3. The lowest BCUT2D eigenvalue weighted by atomic mass is 10.1. The highest BCUT2D eigenvalue weighted by Crippen LogP contribution is 2.26. The summed E-state index contributed by atoms with van der Waals surface area (Å²) in [6, 6.07) is 10.1. The minimum absolute atomic E-state index is 0.0131. The molecule has 0 aromatic heterocycles. The largest absolute Gasteiger partial charge is 0.369 e. The smallest absolute Gasteiger partial charge is 0.237 e. The van der Waals surface area contributed by atoms with Gasteiger partial charge in [0.05, 0.1) is 12.2 Å². The predicted octanol–water partition coefficient (Wildman–Crippen LogP) is 2.60. The first-order valence-corrected chi connectivity index (χ1v) is 6.78. The Morgan fingerprint density at radius 1 is 1.44 bits per heavy atom. The zero-order valence-electron chi connectivity index (χ0n) is 10.5. The van der Waals surface area contributed by atoms with Crippen LogP contribution in [0.4, 0.5) is 0 Å². The van der Waals surface area contributed by atoms with Gasteiger partial charge in [-0.15, -0.1) is 11.6 Å². The molecule has 1 aliphatic heterocycles. The van der Waals surface area contributed by atoms with E-state index < -0.39 is 0 Å². The van der Waals surface area contributed by atoms with E-state index >= 15 is 0 Å². The van der Waals surface area contributed by atoms with Gasteiger partial charge in [-0.05, 0) is 18.9 Å². The zero-order chi connectivity index (χ0) is 13.0. The number of nitrogens with zero attached hydrogens (tertiary/aromatic N) is 1. The number of alkyl halides is 1. The summed E-state index contributed by atoms with van der Waals surface area (Å²) < 4.78 is 5.99. The molecule has 0 aliphatic carbocycles. The van der Waals surface area contributed by atoms with Crippen molar-refractivity contribution in [3.63, 3.8) is 0 Å². The van der Waals surface area contributed by atoms with Crippen LogP contribution < -0.4 is 0 Å². The monoisotopic (exact) mass is 267 g/mol. The van der Waals surface area contributed by atoms with E-state index in [1.807, 2.05) is 25.1 Å². The van der Waals surface area contributed by atoms with Crippen molar-refractivity contribution in [3.05, 3.63) is 35.9 Å². The second-order valence-electron chi connectivity index (χ2n) is 4.61. The van der Waals surface area contributed by atoms with Gasteiger partial charge in [-0.3, -0.25) is 4.79 Å². The molecule has 1 fully saturated rings. The molecule has 0 N–H and O–H groups in total. The van der Waals surface area contributed by atoms with Gasteiger partial charge in [0.25, 0.3) is 0 Å². The first kappa shape index (κ1) is 13.4. The minimum atomic E-state index is -0.0131. The molecule has 1 amide bonds. The van der Waals surface area contributed by atoms with Crippen molar-refractivity contribution in [1.82, 2.24) is 4.90 Å². The van der Waals surface area contributed by atoms with E-state index in [1.54, 1.807) is 4.90 Å². The van der Waals surface area contributed by atoms with Gasteiger partial charge in [-0.1, -0.05) is 30.3 Å². The van der Waals surface area contributed by atoms with Crippen molar-refractivity contribution in [3.8, 4) is 0 Å². The Morgan fingerprint density at radius 2 is 2.17 bits per heavy atom. The molecule has 2 atom stereocenters. The molecular formula is C14H18ClNO2.